The van der Waals surface area contributed by atoms with Crippen molar-refractivity contribution in [2.75, 3.05) is 25.1 Å². The first kappa shape index (κ1) is 16.1. The van der Waals surface area contributed by atoms with Crippen molar-refractivity contribution < 1.29 is 14.5 Å². The summed E-state index contributed by atoms with van der Waals surface area (Å²) in [5.41, 5.74) is 0.724. The monoisotopic (exact) mass is 338 g/mol. The number of nitrogens with zero attached hydrogens (tertiary/aromatic N) is 2. The number of benzene rings is 1. The molecule has 0 unspecified atom stereocenters. The van der Waals surface area contributed by atoms with Crippen molar-refractivity contribution in [3.8, 4) is 0 Å². The highest BCUT2D eigenvalue weighted by Crippen LogP contribution is 2.48. The van der Waals surface area contributed by atoms with Crippen molar-refractivity contribution in [3.05, 3.63) is 32.8 Å². The molecule has 1 aliphatic carbocycles. The van der Waals surface area contributed by atoms with E-state index in [0.717, 1.165) is 19.5 Å². The van der Waals surface area contributed by atoms with E-state index >= 15 is 0 Å². The van der Waals surface area contributed by atoms with Gasteiger partial charge in [-0.05, 0) is 30.7 Å². The van der Waals surface area contributed by atoms with Gasteiger partial charge in [-0.3, -0.25) is 10.1 Å². The summed E-state index contributed by atoms with van der Waals surface area (Å²) in [5, 5.41) is 11.6. The number of rotatable bonds is 3. The van der Waals surface area contributed by atoms with Crippen LogP contribution in [0.5, 0.6) is 0 Å². The van der Waals surface area contributed by atoms with Gasteiger partial charge in [0.25, 0.3) is 5.69 Å². The molecule has 1 aliphatic heterocycles. The van der Waals surface area contributed by atoms with Gasteiger partial charge in [0.2, 0.25) is 0 Å². The lowest BCUT2D eigenvalue weighted by molar-refractivity contribution is -0.384. The molecule has 3 rings (SSSR count). The molecule has 0 atom stereocenters. The maximum Gasteiger partial charge on any atom is 0.339 e. The zero-order chi connectivity index (χ0) is 16.6. The smallest absolute Gasteiger partial charge is 0.339 e. The van der Waals surface area contributed by atoms with Crippen molar-refractivity contribution >= 4 is 28.9 Å². The Morgan fingerprint density at radius 1 is 1.35 bits per heavy atom. The van der Waals surface area contributed by atoms with Gasteiger partial charge in [-0.2, -0.15) is 0 Å². The molecule has 7 heteroatoms. The summed E-state index contributed by atoms with van der Waals surface area (Å²) in [4.78, 5) is 24.7. The minimum Gasteiger partial charge on any atom is -0.465 e. The maximum absolute atomic E-state index is 11.7. The fourth-order valence-electron chi connectivity index (χ4n) is 3.89. The summed E-state index contributed by atoms with van der Waals surface area (Å²) >= 11 is 6.16. The Bertz CT molecular complexity index is 656. The summed E-state index contributed by atoms with van der Waals surface area (Å²) in [6.07, 6.45) is 5.90. The number of carbonyl (C=O) groups is 1. The van der Waals surface area contributed by atoms with E-state index in [1.165, 1.54) is 44.9 Å². The summed E-state index contributed by atoms with van der Waals surface area (Å²) in [6.45, 7) is 1.61. The number of halogens is 1. The Balaban J connectivity index is 1.97. The second-order valence-electron chi connectivity index (χ2n) is 6.45. The van der Waals surface area contributed by atoms with Crippen LogP contribution in [0.4, 0.5) is 11.4 Å². The van der Waals surface area contributed by atoms with Crippen LogP contribution in [0.25, 0.3) is 0 Å². The summed E-state index contributed by atoms with van der Waals surface area (Å²) in [6, 6.07) is 2.75. The predicted octanol–water partition coefficient (Wildman–Crippen LogP) is 3.81. The molecular formula is C16H19ClN2O4. The van der Waals surface area contributed by atoms with Gasteiger partial charge in [0.05, 0.1) is 22.6 Å². The molecule has 1 saturated heterocycles. The standard InChI is InChI=1S/C16H19ClN2O4/c1-23-15(20)11-8-14(19(21)22)13(9-12(11)17)18-7-6-16(10-18)4-2-3-5-16/h8-9H,2-7,10H2,1H3. The SMILES string of the molecule is COC(=O)c1cc([N+](=O)[O-])c(N2CCC3(CCCC3)C2)cc1Cl. The van der Waals surface area contributed by atoms with Gasteiger partial charge in [-0.15, -0.1) is 0 Å². The second kappa shape index (κ2) is 6.00. The van der Waals surface area contributed by atoms with Crippen molar-refractivity contribution in [2.24, 2.45) is 5.41 Å². The van der Waals surface area contributed by atoms with E-state index in [0.29, 0.717) is 11.1 Å². The van der Waals surface area contributed by atoms with E-state index in [1.807, 2.05) is 4.90 Å². The molecule has 124 valence electrons. The molecule has 1 spiro atoms. The first-order valence-corrected chi connectivity index (χ1v) is 8.15. The van der Waals surface area contributed by atoms with Crippen molar-refractivity contribution in [1.29, 1.82) is 0 Å². The lowest BCUT2D eigenvalue weighted by Gasteiger charge is -2.24. The zero-order valence-electron chi connectivity index (χ0n) is 13.0. The third kappa shape index (κ3) is 2.87. The first-order valence-electron chi connectivity index (χ1n) is 7.77. The van der Waals surface area contributed by atoms with Crippen LogP contribution >= 0.6 is 11.6 Å². The van der Waals surface area contributed by atoms with Crippen LogP contribution in [-0.4, -0.2) is 31.1 Å². The first-order chi connectivity index (χ1) is 11.0. The van der Waals surface area contributed by atoms with Crippen LogP contribution in [0.3, 0.4) is 0 Å². The third-order valence-corrected chi connectivity index (χ3v) is 5.42. The van der Waals surface area contributed by atoms with E-state index in [-0.39, 0.29) is 16.3 Å². The second-order valence-corrected chi connectivity index (χ2v) is 6.86. The molecule has 1 aromatic rings. The highest BCUT2D eigenvalue weighted by molar-refractivity contribution is 6.34. The number of anilines is 1. The van der Waals surface area contributed by atoms with E-state index < -0.39 is 10.9 Å². The molecule has 1 saturated carbocycles. The van der Waals surface area contributed by atoms with Crippen LogP contribution in [0.2, 0.25) is 5.02 Å². The molecule has 1 aromatic carbocycles. The van der Waals surface area contributed by atoms with Crippen LogP contribution in [0.1, 0.15) is 42.5 Å². The topological polar surface area (TPSA) is 72.7 Å². The van der Waals surface area contributed by atoms with Crippen LogP contribution in [-0.2, 0) is 4.74 Å². The Morgan fingerprint density at radius 3 is 2.65 bits per heavy atom. The number of nitro benzene ring substituents is 1. The minimum atomic E-state index is -0.668. The van der Waals surface area contributed by atoms with E-state index in [2.05, 4.69) is 4.74 Å². The van der Waals surface area contributed by atoms with E-state index in [4.69, 9.17) is 11.6 Å². The third-order valence-electron chi connectivity index (χ3n) is 5.11. The minimum absolute atomic E-state index is 0.0272. The lowest BCUT2D eigenvalue weighted by Crippen LogP contribution is -2.25. The van der Waals surface area contributed by atoms with Crippen molar-refractivity contribution in [2.45, 2.75) is 32.1 Å². The van der Waals surface area contributed by atoms with Gasteiger partial charge >= 0.3 is 5.97 Å². The highest BCUT2D eigenvalue weighted by atomic mass is 35.5. The molecular weight excluding hydrogens is 320 g/mol. The van der Waals surface area contributed by atoms with Crippen LogP contribution < -0.4 is 4.90 Å². The fraction of sp³-hybridized carbons (Fsp3) is 0.562. The van der Waals surface area contributed by atoms with Gasteiger partial charge in [0, 0.05) is 19.2 Å². The fourth-order valence-corrected chi connectivity index (χ4v) is 4.13. The van der Waals surface area contributed by atoms with Crippen LogP contribution in [0, 0.1) is 15.5 Å². The molecule has 2 fully saturated rings. The Labute approximate surface area is 139 Å². The molecule has 0 N–H and O–H groups in total. The van der Waals surface area contributed by atoms with Gasteiger partial charge in [-0.25, -0.2) is 4.79 Å². The lowest BCUT2D eigenvalue weighted by atomic mass is 9.86. The van der Waals surface area contributed by atoms with E-state index in [9.17, 15) is 14.9 Å². The molecule has 1 heterocycles. The summed E-state index contributed by atoms with van der Waals surface area (Å²) in [7, 11) is 1.22. The number of esters is 1. The maximum atomic E-state index is 11.7. The molecule has 0 radical (unpaired) electrons. The Hall–Kier alpha value is -1.82. The summed E-state index contributed by atoms with van der Waals surface area (Å²) < 4.78 is 4.63. The van der Waals surface area contributed by atoms with Gasteiger partial charge in [0.15, 0.2) is 0 Å². The predicted molar refractivity (Wildman–Crippen MR) is 87.2 cm³/mol. The number of methoxy groups -OCH3 is 1. The molecule has 23 heavy (non-hydrogen) atoms. The normalized spacial score (nSPS) is 19.3. The largest absolute Gasteiger partial charge is 0.465 e. The molecule has 0 amide bonds. The Morgan fingerprint density at radius 2 is 2.04 bits per heavy atom. The molecule has 0 bridgehead atoms. The quantitative estimate of drug-likeness (QED) is 0.476. The average molecular weight is 339 g/mol. The number of carbonyl (C=O) groups excluding carboxylic acids is 1. The number of nitro groups is 1. The molecule has 6 nitrogen and oxygen atoms in total. The number of hydrogen-bond acceptors (Lipinski definition) is 5. The molecule has 0 aromatic heterocycles. The van der Waals surface area contributed by atoms with Gasteiger partial charge < -0.3 is 9.64 Å². The number of hydrogen-bond donors (Lipinski definition) is 0. The van der Waals surface area contributed by atoms with Gasteiger partial charge in [0.1, 0.15) is 5.69 Å². The average Bonchev–Trinajstić information content (AvgIpc) is 3.16. The zero-order valence-corrected chi connectivity index (χ0v) is 13.8. The highest BCUT2D eigenvalue weighted by Gasteiger charge is 2.41. The Kier molecular flexibility index (Phi) is 4.19. The summed E-state index contributed by atoms with van der Waals surface area (Å²) in [5.74, 6) is -0.668. The van der Waals surface area contributed by atoms with E-state index in [1.54, 1.807) is 0 Å². The van der Waals surface area contributed by atoms with Crippen molar-refractivity contribution in [3.63, 3.8) is 0 Å². The van der Waals surface area contributed by atoms with Crippen LogP contribution in [0.15, 0.2) is 12.1 Å². The van der Waals surface area contributed by atoms with Gasteiger partial charge in [-0.1, -0.05) is 24.4 Å². The molecule has 2 aliphatic rings. The number of ether oxygens (including phenoxy) is 1. The van der Waals surface area contributed by atoms with Crippen molar-refractivity contribution in [1.82, 2.24) is 0 Å².